The van der Waals surface area contributed by atoms with Crippen LogP contribution in [0.4, 0.5) is 11.4 Å². The predicted octanol–water partition coefficient (Wildman–Crippen LogP) is 0.986. The van der Waals surface area contributed by atoms with E-state index in [4.69, 9.17) is 10.5 Å². The zero-order valence-electron chi connectivity index (χ0n) is 10.4. The summed E-state index contributed by atoms with van der Waals surface area (Å²) in [5.41, 5.74) is 9.72. The molecule has 6 heteroatoms. The van der Waals surface area contributed by atoms with E-state index < -0.39 is 0 Å². The fourth-order valence-electron chi connectivity index (χ4n) is 2.28. The van der Waals surface area contributed by atoms with Crippen molar-refractivity contribution in [3.05, 3.63) is 18.3 Å². The normalized spacial score (nSPS) is 13.8. The van der Waals surface area contributed by atoms with Crippen LogP contribution in [0.15, 0.2) is 18.3 Å². The van der Waals surface area contributed by atoms with Gasteiger partial charge >= 0.3 is 0 Å². The van der Waals surface area contributed by atoms with Gasteiger partial charge in [-0.3, -0.25) is 0 Å². The van der Waals surface area contributed by atoms with E-state index in [0.717, 1.165) is 30.0 Å². The third-order valence-electron chi connectivity index (χ3n) is 3.30. The molecule has 1 aromatic heterocycles. The second-order valence-electron chi connectivity index (χ2n) is 4.38. The minimum atomic E-state index is 0.624. The summed E-state index contributed by atoms with van der Waals surface area (Å²) in [6.07, 6.45) is 1.77. The van der Waals surface area contributed by atoms with Crippen LogP contribution in [-0.4, -0.2) is 35.7 Å². The average molecular weight is 245 g/mol. The maximum Gasteiger partial charge on any atom is 0.143 e. The standard InChI is InChI=1S/C12H15N5O/c1-16-3-4-17-11(7-14-15-17)8-5-9(13)12(18-2)6-10(8)16/h5-7H,3-4,13H2,1-2H3. The molecule has 94 valence electrons. The molecule has 3 rings (SSSR count). The van der Waals surface area contributed by atoms with E-state index in [0.29, 0.717) is 11.4 Å². The molecule has 1 aromatic carbocycles. The third kappa shape index (κ3) is 1.49. The Kier molecular flexibility index (Phi) is 2.36. The van der Waals surface area contributed by atoms with Crippen molar-refractivity contribution >= 4 is 11.4 Å². The summed E-state index contributed by atoms with van der Waals surface area (Å²) < 4.78 is 7.18. The van der Waals surface area contributed by atoms with Crippen molar-refractivity contribution in [1.82, 2.24) is 15.0 Å². The average Bonchev–Trinajstić information content (AvgIpc) is 2.79. The fraction of sp³-hybridized carbons (Fsp3) is 0.333. The molecular formula is C12H15N5O. The van der Waals surface area contributed by atoms with Crippen LogP contribution in [0.2, 0.25) is 0 Å². The van der Waals surface area contributed by atoms with Crippen LogP contribution in [0.3, 0.4) is 0 Å². The summed E-state index contributed by atoms with van der Waals surface area (Å²) in [7, 11) is 3.68. The van der Waals surface area contributed by atoms with E-state index >= 15 is 0 Å². The number of likely N-dealkylation sites (N-methyl/N-ethyl adjacent to an activating group) is 1. The van der Waals surface area contributed by atoms with Crippen LogP contribution in [-0.2, 0) is 6.54 Å². The molecule has 0 atom stereocenters. The first-order chi connectivity index (χ1) is 8.70. The molecular weight excluding hydrogens is 230 g/mol. The van der Waals surface area contributed by atoms with E-state index in [1.807, 2.05) is 23.9 Å². The largest absolute Gasteiger partial charge is 0.495 e. The van der Waals surface area contributed by atoms with Crippen molar-refractivity contribution < 1.29 is 4.74 Å². The molecule has 0 saturated carbocycles. The first-order valence-electron chi connectivity index (χ1n) is 5.78. The van der Waals surface area contributed by atoms with Crippen LogP contribution in [0.1, 0.15) is 0 Å². The zero-order valence-corrected chi connectivity index (χ0v) is 10.4. The van der Waals surface area contributed by atoms with Crippen molar-refractivity contribution in [2.24, 2.45) is 0 Å². The Morgan fingerprint density at radius 2 is 2.17 bits per heavy atom. The molecule has 0 saturated heterocycles. The molecule has 0 radical (unpaired) electrons. The summed E-state index contributed by atoms with van der Waals surface area (Å²) in [6, 6.07) is 3.89. The molecule has 2 N–H and O–H groups in total. The quantitative estimate of drug-likeness (QED) is 0.759. The van der Waals surface area contributed by atoms with Gasteiger partial charge in [0.25, 0.3) is 0 Å². The Morgan fingerprint density at radius 3 is 2.94 bits per heavy atom. The number of nitrogens with two attached hydrogens (primary N) is 1. The lowest BCUT2D eigenvalue weighted by Crippen LogP contribution is -2.21. The van der Waals surface area contributed by atoms with Gasteiger partial charge in [0.15, 0.2) is 0 Å². The van der Waals surface area contributed by atoms with Crippen molar-refractivity contribution in [2.75, 3.05) is 31.3 Å². The van der Waals surface area contributed by atoms with Gasteiger partial charge in [-0.15, -0.1) is 5.10 Å². The number of nitrogen functional groups attached to an aromatic ring is 1. The van der Waals surface area contributed by atoms with Gasteiger partial charge in [0.1, 0.15) is 5.75 Å². The molecule has 0 aliphatic carbocycles. The molecule has 1 aliphatic rings. The highest BCUT2D eigenvalue weighted by Gasteiger charge is 2.20. The number of benzene rings is 1. The molecule has 0 unspecified atom stereocenters. The van der Waals surface area contributed by atoms with Crippen molar-refractivity contribution in [2.45, 2.75) is 6.54 Å². The Bertz CT molecular complexity index is 592. The Morgan fingerprint density at radius 1 is 1.33 bits per heavy atom. The van der Waals surface area contributed by atoms with Gasteiger partial charge in [-0.05, 0) is 6.07 Å². The molecule has 2 heterocycles. The van der Waals surface area contributed by atoms with Gasteiger partial charge in [-0.1, -0.05) is 5.21 Å². The highest BCUT2D eigenvalue weighted by molar-refractivity contribution is 5.82. The first kappa shape index (κ1) is 10.9. The second kappa shape index (κ2) is 3.90. The van der Waals surface area contributed by atoms with E-state index in [2.05, 4.69) is 15.2 Å². The summed E-state index contributed by atoms with van der Waals surface area (Å²) in [5.74, 6) is 0.696. The maximum absolute atomic E-state index is 5.98. The monoisotopic (exact) mass is 245 g/mol. The van der Waals surface area contributed by atoms with Gasteiger partial charge in [-0.2, -0.15) is 0 Å². The summed E-state index contributed by atoms with van der Waals surface area (Å²) in [6.45, 7) is 1.68. The lowest BCUT2D eigenvalue weighted by Gasteiger charge is -2.20. The first-order valence-corrected chi connectivity index (χ1v) is 5.78. The molecule has 18 heavy (non-hydrogen) atoms. The van der Waals surface area contributed by atoms with E-state index in [-0.39, 0.29) is 0 Å². The summed E-state index contributed by atoms with van der Waals surface area (Å²) >= 11 is 0. The van der Waals surface area contributed by atoms with E-state index in [1.165, 1.54) is 0 Å². The van der Waals surface area contributed by atoms with E-state index in [1.54, 1.807) is 13.3 Å². The topological polar surface area (TPSA) is 69.2 Å². The summed E-state index contributed by atoms with van der Waals surface area (Å²) in [5, 5.41) is 8.05. The van der Waals surface area contributed by atoms with Gasteiger partial charge in [0.2, 0.25) is 0 Å². The number of ether oxygens (including phenoxy) is 1. The highest BCUT2D eigenvalue weighted by atomic mass is 16.5. The van der Waals surface area contributed by atoms with Crippen LogP contribution in [0, 0.1) is 0 Å². The van der Waals surface area contributed by atoms with Crippen LogP contribution in [0.25, 0.3) is 11.3 Å². The predicted molar refractivity (Wildman–Crippen MR) is 69.7 cm³/mol. The van der Waals surface area contributed by atoms with Gasteiger partial charge < -0.3 is 15.4 Å². The van der Waals surface area contributed by atoms with Crippen LogP contribution in [0.5, 0.6) is 5.75 Å². The molecule has 2 aromatic rings. The Hall–Kier alpha value is -2.24. The fourth-order valence-corrected chi connectivity index (χ4v) is 2.28. The van der Waals surface area contributed by atoms with Gasteiger partial charge in [-0.25, -0.2) is 4.68 Å². The second-order valence-corrected chi connectivity index (χ2v) is 4.38. The van der Waals surface area contributed by atoms with Crippen LogP contribution >= 0.6 is 0 Å². The number of methoxy groups -OCH3 is 1. The SMILES string of the molecule is COc1cc2c(cc1N)-c1cnnn1CCN2C. The maximum atomic E-state index is 5.98. The zero-order chi connectivity index (χ0) is 12.7. The number of nitrogens with zero attached hydrogens (tertiary/aromatic N) is 4. The van der Waals surface area contributed by atoms with Crippen molar-refractivity contribution in [3.8, 4) is 17.0 Å². The van der Waals surface area contributed by atoms with Crippen molar-refractivity contribution in [3.63, 3.8) is 0 Å². The highest BCUT2D eigenvalue weighted by Crippen LogP contribution is 2.38. The van der Waals surface area contributed by atoms with E-state index in [9.17, 15) is 0 Å². The lowest BCUT2D eigenvalue weighted by molar-refractivity contribution is 0.417. The molecule has 0 fully saturated rings. The van der Waals surface area contributed by atoms with Gasteiger partial charge in [0, 0.05) is 30.9 Å². The smallest absolute Gasteiger partial charge is 0.143 e. The molecule has 1 aliphatic heterocycles. The minimum absolute atomic E-state index is 0.624. The molecule has 0 spiro atoms. The lowest BCUT2D eigenvalue weighted by atomic mass is 10.1. The number of hydrogen-bond donors (Lipinski definition) is 1. The van der Waals surface area contributed by atoms with Crippen LogP contribution < -0.4 is 15.4 Å². The molecule has 0 bridgehead atoms. The van der Waals surface area contributed by atoms with Gasteiger partial charge in [0.05, 0.1) is 31.2 Å². The molecule has 6 nitrogen and oxygen atoms in total. The summed E-state index contributed by atoms with van der Waals surface area (Å²) in [4.78, 5) is 2.17. The number of hydrogen-bond acceptors (Lipinski definition) is 5. The van der Waals surface area contributed by atoms with Crippen molar-refractivity contribution in [1.29, 1.82) is 0 Å². The Balaban J connectivity index is 2.26. The minimum Gasteiger partial charge on any atom is -0.495 e. The third-order valence-corrected chi connectivity index (χ3v) is 3.30. The number of rotatable bonds is 1. The number of anilines is 2. The molecule has 0 amide bonds. The number of fused-ring (bicyclic) bond motifs is 3. The number of aromatic nitrogens is 3. The Labute approximate surface area is 105 Å².